The van der Waals surface area contributed by atoms with Gasteiger partial charge in [0.25, 0.3) is 11.8 Å². The van der Waals surface area contributed by atoms with Gasteiger partial charge >= 0.3 is 0 Å². The second-order valence-electron chi connectivity index (χ2n) is 5.78. The molecule has 1 aliphatic heterocycles. The quantitative estimate of drug-likeness (QED) is 0.874. The Morgan fingerprint density at radius 1 is 1.29 bits per heavy atom. The van der Waals surface area contributed by atoms with Gasteiger partial charge in [-0.3, -0.25) is 9.59 Å². The van der Waals surface area contributed by atoms with Crippen LogP contribution in [0.25, 0.3) is 0 Å². The molecule has 1 aromatic heterocycles. The third kappa shape index (κ3) is 4.01. The summed E-state index contributed by atoms with van der Waals surface area (Å²) in [4.78, 5) is 25.6. The molecule has 0 aliphatic carbocycles. The summed E-state index contributed by atoms with van der Waals surface area (Å²) in [5, 5.41) is 7.77. The van der Waals surface area contributed by atoms with Crippen LogP contribution in [-0.4, -0.2) is 24.5 Å². The predicted octanol–water partition coefficient (Wildman–Crippen LogP) is 3.36. The second kappa shape index (κ2) is 7.59. The first-order chi connectivity index (χ1) is 11.6. The van der Waals surface area contributed by atoms with E-state index in [-0.39, 0.29) is 24.0 Å². The largest absolute Gasteiger partial charge is 0.368 e. The van der Waals surface area contributed by atoms with E-state index in [0.29, 0.717) is 17.9 Å². The number of hydrogen-bond acceptors (Lipinski definition) is 4. The van der Waals surface area contributed by atoms with Crippen molar-refractivity contribution in [2.75, 3.05) is 11.9 Å². The number of rotatable bonds is 5. The number of ether oxygens (including phenoxy) is 1. The molecular formula is C18H20N2O3S. The average molecular weight is 344 g/mol. The maximum atomic E-state index is 12.4. The van der Waals surface area contributed by atoms with E-state index in [4.69, 9.17) is 4.74 Å². The van der Waals surface area contributed by atoms with Crippen molar-refractivity contribution in [2.45, 2.75) is 31.9 Å². The fraction of sp³-hybridized carbons (Fsp3) is 0.333. The minimum absolute atomic E-state index is 0.0531. The van der Waals surface area contributed by atoms with Crippen LogP contribution in [0.15, 0.2) is 41.8 Å². The van der Waals surface area contributed by atoms with Crippen molar-refractivity contribution in [3.05, 3.63) is 52.2 Å². The molecule has 1 aromatic carbocycles. The molecule has 1 aliphatic rings. The summed E-state index contributed by atoms with van der Waals surface area (Å²) in [5.74, 6) is -0.318. The molecule has 1 fully saturated rings. The van der Waals surface area contributed by atoms with Crippen molar-refractivity contribution in [1.82, 2.24) is 5.32 Å². The van der Waals surface area contributed by atoms with E-state index >= 15 is 0 Å². The molecule has 126 valence electrons. The lowest BCUT2D eigenvalue weighted by Gasteiger charge is -2.14. The van der Waals surface area contributed by atoms with Crippen LogP contribution >= 0.6 is 11.3 Å². The van der Waals surface area contributed by atoms with Gasteiger partial charge in [0.15, 0.2) is 0 Å². The van der Waals surface area contributed by atoms with Gasteiger partial charge in [-0.15, -0.1) is 11.3 Å². The Hall–Kier alpha value is -2.18. The zero-order chi connectivity index (χ0) is 16.9. The molecule has 2 unspecified atom stereocenters. The maximum Gasteiger partial charge on any atom is 0.253 e. The summed E-state index contributed by atoms with van der Waals surface area (Å²) in [6, 6.07) is 10.9. The lowest BCUT2D eigenvalue weighted by molar-refractivity contribution is -0.124. The number of benzene rings is 1. The number of carbonyl (C=O) groups is 2. The highest BCUT2D eigenvalue weighted by atomic mass is 32.1. The van der Waals surface area contributed by atoms with Crippen molar-refractivity contribution in [3.63, 3.8) is 0 Å². The summed E-state index contributed by atoms with van der Waals surface area (Å²) in [6.45, 7) is 2.58. The molecule has 5 nitrogen and oxygen atoms in total. The van der Waals surface area contributed by atoms with Crippen LogP contribution in [0.3, 0.4) is 0 Å². The number of amides is 2. The molecule has 2 amide bonds. The lowest BCUT2D eigenvalue weighted by atomic mass is 10.1. The van der Waals surface area contributed by atoms with Crippen LogP contribution in [0.4, 0.5) is 5.69 Å². The van der Waals surface area contributed by atoms with Crippen LogP contribution in [-0.2, 0) is 9.53 Å². The Balaban J connectivity index is 1.63. The first kappa shape index (κ1) is 16.7. The highest BCUT2D eigenvalue weighted by Gasteiger charge is 2.23. The topological polar surface area (TPSA) is 67.4 Å². The molecular weight excluding hydrogens is 324 g/mol. The molecule has 3 rings (SSSR count). The summed E-state index contributed by atoms with van der Waals surface area (Å²) >= 11 is 1.61. The highest BCUT2D eigenvalue weighted by molar-refractivity contribution is 7.10. The number of thiophene rings is 1. The molecule has 2 aromatic rings. The molecule has 2 atom stereocenters. The average Bonchev–Trinajstić information content (AvgIpc) is 3.28. The Morgan fingerprint density at radius 2 is 2.17 bits per heavy atom. The summed E-state index contributed by atoms with van der Waals surface area (Å²) < 4.78 is 5.37. The molecule has 2 N–H and O–H groups in total. The molecule has 0 spiro atoms. The fourth-order valence-electron chi connectivity index (χ4n) is 2.63. The van der Waals surface area contributed by atoms with E-state index in [1.54, 1.807) is 35.6 Å². The van der Waals surface area contributed by atoms with Gasteiger partial charge in [0, 0.05) is 22.7 Å². The molecule has 24 heavy (non-hydrogen) atoms. The van der Waals surface area contributed by atoms with Gasteiger partial charge in [-0.25, -0.2) is 0 Å². The number of hydrogen-bond donors (Lipinski definition) is 2. The maximum absolute atomic E-state index is 12.4. The van der Waals surface area contributed by atoms with Crippen LogP contribution in [0.5, 0.6) is 0 Å². The minimum Gasteiger partial charge on any atom is -0.368 e. The van der Waals surface area contributed by atoms with Gasteiger partial charge in [0.05, 0.1) is 6.04 Å². The van der Waals surface area contributed by atoms with E-state index in [1.807, 2.05) is 24.4 Å². The first-order valence-corrected chi connectivity index (χ1v) is 8.88. The highest BCUT2D eigenvalue weighted by Crippen LogP contribution is 2.20. The predicted molar refractivity (Wildman–Crippen MR) is 94.2 cm³/mol. The van der Waals surface area contributed by atoms with E-state index in [2.05, 4.69) is 10.6 Å². The third-order valence-electron chi connectivity index (χ3n) is 3.93. The molecule has 2 heterocycles. The molecule has 0 radical (unpaired) electrons. The summed E-state index contributed by atoms with van der Waals surface area (Å²) in [7, 11) is 0. The van der Waals surface area contributed by atoms with Gasteiger partial charge in [-0.1, -0.05) is 12.1 Å². The minimum atomic E-state index is -0.388. The smallest absolute Gasteiger partial charge is 0.253 e. The molecule has 1 saturated heterocycles. The number of anilines is 1. The number of carbonyl (C=O) groups excluding carboxylic acids is 2. The van der Waals surface area contributed by atoms with Crippen molar-refractivity contribution in [1.29, 1.82) is 0 Å². The van der Waals surface area contributed by atoms with Gasteiger partial charge in [0.2, 0.25) is 0 Å². The number of nitrogens with one attached hydrogen (secondary N) is 2. The van der Waals surface area contributed by atoms with Gasteiger partial charge in [-0.2, -0.15) is 0 Å². The SMILES string of the molecule is CC(NC(=O)c1cccc(NC(=O)C2CCCO2)c1)c1cccs1. The standard InChI is InChI=1S/C18H20N2O3S/c1-12(16-8-4-10-24-16)19-17(21)13-5-2-6-14(11-13)20-18(22)15-7-3-9-23-15/h2,4-6,8,10-12,15H,3,7,9H2,1H3,(H,19,21)(H,20,22). The molecule has 6 heteroatoms. The monoisotopic (exact) mass is 344 g/mol. The lowest BCUT2D eigenvalue weighted by Crippen LogP contribution is -2.28. The van der Waals surface area contributed by atoms with Crippen molar-refractivity contribution < 1.29 is 14.3 Å². The Kier molecular flexibility index (Phi) is 5.27. The zero-order valence-electron chi connectivity index (χ0n) is 13.5. The van der Waals surface area contributed by atoms with E-state index in [9.17, 15) is 9.59 Å². The Morgan fingerprint density at radius 3 is 2.88 bits per heavy atom. The fourth-order valence-corrected chi connectivity index (χ4v) is 3.37. The van der Waals surface area contributed by atoms with Crippen LogP contribution in [0, 0.1) is 0 Å². The van der Waals surface area contributed by atoms with Crippen LogP contribution in [0.2, 0.25) is 0 Å². The van der Waals surface area contributed by atoms with Crippen molar-refractivity contribution in [2.24, 2.45) is 0 Å². The normalized spacial score (nSPS) is 18.1. The molecule has 0 saturated carbocycles. The Labute approximate surface area is 145 Å². The summed E-state index contributed by atoms with van der Waals surface area (Å²) in [6.07, 6.45) is 1.26. The molecule has 0 bridgehead atoms. The second-order valence-corrected chi connectivity index (χ2v) is 6.76. The van der Waals surface area contributed by atoms with Gasteiger partial charge in [0.1, 0.15) is 6.10 Å². The van der Waals surface area contributed by atoms with E-state index in [1.165, 1.54) is 0 Å². The zero-order valence-corrected chi connectivity index (χ0v) is 14.3. The van der Waals surface area contributed by atoms with Gasteiger partial charge in [-0.05, 0) is 49.4 Å². The van der Waals surface area contributed by atoms with Crippen molar-refractivity contribution in [3.8, 4) is 0 Å². The van der Waals surface area contributed by atoms with Crippen LogP contribution in [0.1, 0.15) is 41.0 Å². The van der Waals surface area contributed by atoms with Gasteiger partial charge < -0.3 is 15.4 Å². The summed E-state index contributed by atoms with van der Waals surface area (Å²) in [5.41, 5.74) is 1.12. The first-order valence-electron chi connectivity index (χ1n) is 8.00. The Bertz CT molecular complexity index is 709. The van der Waals surface area contributed by atoms with E-state index < -0.39 is 0 Å². The van der Waals surface area contributed by atoms with Crippen LogP contribution < -0.4 is 10.6 Å². The third-order valence-corrected chi connectivity index (χ3v) is 4.99. The van der Waals surface area contributed by atoms with E-state index in [0.717, 1.165) is 17.7 Å². The van der Waals surface area contributed by atoms with Crippen molar-refractivity contribution >= 4 is 28.8 Å².